The number of carbonyl (C=O) groups excluding carboxylic acids is 1. The van der Waals surface area contributed by atoms with E-state index < -0.39 is 0 Å². The van der Waals surface area contributed by atoms with Crippen LogP contribution in [0.15, 0.2) is 0 Å². The molecule has 2 N–H and O–H groups in total. The maximum absolute atomic E-state index is 13.1. The number of aromatic nitrogens is 2. The van der Waals surface area contributed by atoms with Crippen molar-refractivity contribution in [3.63, 3.8) is 0 Å². The highest BCUT2D eigenvalue weighted by atomic mass is 16.2. The van der Waals surface area contributed by atoms with Crippen molar-refractivity contribution in [1.82, 2.24) is 14.7 Å². The third kappa shape index (κ3) is 2.45. The van der Waals surface area contributed by atoms with Crippen molar-refractivity contribution >= 4 is 5.91 Å². The van der Waals surface area contributed by atoms with Gasteiger partial charge in [0.1, 0.15) is 0 Å². The van der Waals surface area contributed by atoms with Crippen molar-refractivity contribution in [3.8, 4) is 0 Å². The molecule has 1 saturated carbocycles. The van der Waals surface area contributed by atoms with Gasteiger partial charge in [-0.3, -0.25) is 9.48 Å². The molecule has 1 aliphatic carbocycles. The number of likely N-dealkylation sites (tertiary alicyclic amines) is 1. The Bertz CT molecular complexity index is 565. The molecule has 3 rings (SSSR count). The fourth-order valence-corrected chi connectivity index (χ4v) is 4.46. The van der Waals surface area contributed by atoms with E-state index in [0.717, 1.165) is 44.3 Å². The lowest BCUT2D eigenvalue weighted by Gasteiger charge is -2.30. The Balaban J connectivity index is 1.85. The lowest BCUT2D eigenvalue weighted by Crippen LogP contribution is -2.39. The van der Waals surface area contributed by atoms with Crippen molar-refractivity contribution in [2.75, 3.05) is 13.1 Å². The quantitative estimate of drug-likeness (QED) is 0.930. The number of hydrogen-bond acceptors (Lipinski definition) is 3. The number of amides is 1. The van der Waals surface area contributed by atoms with Gasteiger partial charge >= 0.3 is 0 Å². The van der Waals surface area contributed by atoms with E-state index in [2.05, 4.69) is 23.8 Å². The Morgan fingerprint density at radius 2 is 2.05 bits per heavy atom. The van der Waals surface area contributed by atoms with Crippen LogP contribution in [0.1, 0.15) is 55.1 Å². The fraction of sp³-hybridized carbons (Fsp3) is 0.765. The van der Waals surface area contributed by atoms with E-state index in [0.29, 0.717) is 18.4 Å². The van der Waals surface area contributed by atoms with Gasteiger partial charge < -0.3 is 10.6 Å². The van der Waals surface area contributed by atoms with Crippen molar-refractivity contribution in [1.29, 1.82) is 0 Å². The molecule has 5 nitrogen and oxygen atoms in total. The van der Waals surface area contributed by atoms with Gasteiger partial charge in [-0.15, -0.1) is 0 Å². The summed E-state index contributed by atoms with van der Waals surface area (Å²) in [6.07, 6.45) is 5.40. The largest absolute Gasteiger partial charge is 0.335 e. The Labute approximate surface area is 132 Å². The minimum absolute atomic E-state index is 0.142. The van der Waals surface area contributed by atoms with E-state index in [1.807, 2.05) is 11.7 Å². The number of nitrogens with zero attached hydrogens (tertiary/aromatic N) is 3. The summed E-state index contributed by atoms with van der Waals surface area (Å²) in [4.78, 5) is 15.2. The zero-order valence-corrected chi connectivity index (χ0v) is 14.0. The summed E-state index contributed by atoms with van der Waals surface area (Å²) >= 11 is 0. The number of carbonyl (C=O) groups is 1. The number of hydrogen-bond donors (Lipinski definition) is 1. The van der Waals surface area contributed by atoms with Gasteiger partial charge in [0.15, 0.2) is 0 Å². The molecule has 1 unspecified atom stereocenters. The van der Waals surface area contributed by atoms with Gasteiger partial charge in [0.2, 0.25) is 5.91 Å². The van der Waals surface area contributed by atoms with E-state index in [-0.39, 0.29) is 12.0 Å². The van der Waals surface area contributed by atoms with Crippen LogP contribution in [-0.2, 0) is 11.8 Å². The number of nitrogens with two attached hydrogens (primary N) is 1. The highest BCUT2D eigenvalue weighted by Gasteiger charge is 2.40. The van der Waals surface area contributed by atoms with Gasteiger partial charge in [0.05, 0.1) is 11.7 Å². The lowest BCUT2D eigenvalue weighted by molar-refractivity contribution is -0.137. The smallest absolute Gasteiger partial charge is 0.226 e. The normalized spacial score (nSPS) is 28.5. The second kappa shape index (κ2) is 6.03. The van der Waals surface area contributed by atoms with Crippen LogP contribution in [-0.4, -0.2) is 33.7 Å². The Hall–Kier alpha value is -1.36. The van der Waals surface area contributed by atoms with Gasteiger partial charge in [-0.1, -0.05) is 6.42 Å². The van der Waals surface area contributed by atoms with Gasteiger partial charge in [-0.2, -0.15) is 5.10 Å². The zero-order valence-electron chi connectivity index (χ0n) is 14.0. The fourth-order valence-electron chi connectivity index (χ4n) is 4.46. The molecule has 2 aliphatic rings. The maximum Gasteiger partial charge on any atom is 0.226 e. The third-order valence-corrected chi connectivity index (χ3v) is 5.71. The van der Waals surface area contributed by atoms with Crippen LogP contribution in [0.5, 0.6) is 0 Å². The van der Waals surface area contributed by atoms with Gasteiger partial charge in [-0.25, -0.2) is 0 Å². The third-order valence-electron chi connectivity index (χ3n) is 5.71. The first-order valence-electron chi connectivity index (χ1n) is 8.55. The average molecular weight is 304 g/mol. The summed E-state index contributed by atoms with van der Waals surface area (Å²) in [5.41, 5.74) is 9.38. The highest BCUT2D eigenvalue weighted by molar-refractivity contribution is 5.80. The number of rotatable bonds is 3. The first-order valence-corrected chi connectivity index (χ1v) is 8.55. The van der Waals surface area contributed by atoms with Crippen LogP contribution in [0.25, 0.3) is 0 Å². The number of aryl methyl sites for hydroxylation is 2. The molecule has 0 bridgehead atoms. The molecular weight excluding hydrogens is 276 g/mol. The van der Waals surface area contributed by atoms with Gasteiger partial charge in [-0.05, 0) is 52.0 Å². The minimum Gasteiger partial charge on any atom is -0.335 e. The van der Waals surface area contributed by atoms with Crippen molar-refractivity contribution in [2.24, 2.45) is 24.6 Å². The van der Waals surface area contributed by atoms with Crippen LogP contribution >= 0.6 is 0 Å². The second-order valence-electron chi connectivity index (χ2n) is 6.93. The molecule has 1 aliphatic heterocycles. The first kappa shape index (κ1) is 15.5. The second-order valence-corrected chi connectivity index (χ2v) is 6.93. The van der Waals surface area contributed by atoms with Crippen LogP contribution in [0.3, 0.4) is 0 Å². The summed E-state index contributed by atoms with van der Waals surface area (Å²) < 4.78 is 1.93. The van der Waals surface area contributed by atoms with Crippen molar-refractivity contribution in [3.05, 3.63) is 17.0 Å². The van der Waals surface area contributed by atoms with E-state index in [4.69, 9.17) is 5.73 Å². The topological polar surface area (TPSA) is 64.2 Å². The van der Waals surface area contributed by atoms with E-state index in [1.165, 1.54) is 11.3 Å². The molecule has 0 spiro atoms. The molecule has 0 radical (unpaired) electrons. The van der Waals surface area contributed by atoms with Crippen LogP contribution in [0, 0.1) is 25.7 Å². The predicted molar refractivity (Wildman–Crippen MR) is 86.3 cm³/mol. The summed E-state index contributed by atoms with van der Waals surface area (Å²) in [5.74, 6) is 0.853. The SMILES string of the molecule is Cc1nn(C)c(C)c1C1CCCN1C(=O)[C@@H]1CCC[C@@H]1CN. The molecule has 3 atom stereocenters. The predicted octanol–water partition coefficient (Wildman–Crippen LogP) is 2.08. The molecule has 1 aromatic heterocycles. The van der Waals surface area contributed by atoms with Gasteiger partial charge in [0, 0.05) is 30.8 Å². The standard InChI is InChI=1S/C17H28N4O/c1-11-16(12(2)20(3)19-11)15-8-5-9-21(15)17(22)14-7-4-6-13(14)10-18/h13-15H,4-10,18H2,1-3H3/t13-,14-,15?/m1/s1. The molecule has 1 saturated heterocycles. The molecular formula is C17H28N4O. The molecule has 1 aromatic rings. The summed E-state index contributed by atoms with van der Waals surface area (Å²) in [6, 6.07) is 0.209. The van der Waals surface area contributed by atoms with Crippen LogP contribution in [0.4, 0.5) is 0 Å². The summed E-state index contributed by atoms with van der Waals surface area (Å²) in [7, 11) is 1.98. The van der Waals surface area contributed by atoms with E-state index in [1.54, 1.807) is 0 Å². The van der Waals surface area contributed by atoms with Crippen LogP contribution < -0.4 is 5.73 Å². The summed E-state index contributed by atoms with van der Waals surface area (Å²) in [6.45, 7) is 5.68. The molecule has 122 valence electrons. The first-order chi connectivity index (χ1) is 10.5. The van der Waals surface area contributed by atoms with Crippen LogP contribution in [0.2, 0.25) is 0 Å². The molecule has 0 aromatic carbocycles. The van der Waals surface area contributed by atoms with E-state index in [9.17, 15) is 4.79 Å². The molecule has 2 fully saturated rings. The summed E-state index contributed by atoms with van der Waals surface area (Å²) in [5, 5.41) is 4.54. The lowest BCUT2D eigenvalue weighted by atomic mass is 9.93. The van der Waals surface area contributed by atoms with E-state index >= 15 is 0 Å². The molecule has 2 heterocycles. The van der Waals surface area contributed by atoms with Gasteiger partial charge in [0.25, 0.3) is 0 Å². The molecule has 5 heteroatoms. The average Bonchev–Trinajstić information content (AvgIpc) is 3.19. The maximum atomic E-state index is 13.1. The zero-order chi connectivity index (χ0) is 15.9. The Morgan fingerprint density at radius 1 is 1.27 bits per heavy atom. The molecule has 1 amide bonds. The van der Waals surface area contributed by atoms with Crippen molar-refractivity contribution < 1.29 is 4.79 Å². The highest BCUT2D eigenvalue weighted by Crippen LogP contribution is 2.40. The Morgan fingerprint density at radius 3 is 2.68 bits per heavy atom. The molecule has 22 heavy (non-hydrogen) atoms. The monoisotopic (exact) mass is 304 g/mol. The van der Waals surface area contributed by atoms with Crippen molar-refractivity contribution in [2.45, 2.75) is 52.0 Å². The minimum atomic E-state index is 0.142. The Kier molecular flexibility index (Phi) is 4.26.